The first-order chi connectivity index (χ1) is 29.4. The van der Waals surface area contributed by atoms with Gasteiger partial charge in [-0.05, 0) is 105 Å². The largest absolute Gasteiger partial charge is 0.504 e. The molecule has 3 aliphatic heterocycles. The van der Waals surface area contributed by atoms with Crippen LogP contribution in [0.15, 0.2) is 84.4 Å². The number of carbonyl (C=O) groups excluding carboxylic acids is 4. The normalized spacial score (nSPS) is 26.8. The summed E-state index contributed by atoms with van der Waals surface area (Å²) in [6.45, 7) is 8.42. The monoisotopic (exact) mass is 857 g/mol. The van der Waals surface area contributed by atoms with Gasteiger partial charge in [-0.25, -0.2) is 4.90 Å². The maximum absolute atomic E-state index is 15.3. The van der Waals surface area contributed by atoms with Gasteiger partial charge in [-0.15, -0.1) is 11.3 Å². The molecule has 4 amide bonds. The minimum Gasteiger partial charge on any atom is -0.504 e. The minimum absolute atomic E-state index is 0.0314. The molecule has 0 spiro atoms. The van der Waals surface area contributed by atoms with Crippen LogP contribution in [0.5, 0.6) is 11.5 Å². The Kier molecular flexibility index (Phi) is 9.76. The highest BCUT2D eigenvalue weighted by Gasteiger charge is 2.68. The Morgan fingerprint density at radius 3 is 2.48 bits per heavy atom. The van der Waals surface area contributed by atoms with Crippen molar-refractivity contribution in [1.82, 2.24) is 19.6 Å². The van der Waals surface area contributed by atoms with Gasteiger partial charge in [0.15, 0.2) is 11.5 Å². The van der Waals surface area contributed by atoms with E-state index in [0.717, 1.165) is 45.7 Å². The molecule has 3 aromatic carbocycles. The first kappa shape index (κ1) is 39.8. The third-order valence-electron chi connectivity index (χ3n) is 14.3. The number of hydrogen-bond acceptors (Lipinski definition) is 9. The van der Waals surface area contributed by atoms with Crippen LogP contribution in [0.2, 0.25) is 5.02 Å². The number of aromatic nitrogens is 2. The second-order valence-corrected chi connectivity index (χ2v) is 19.1. The number of anilines is 1. The molecule has 4 fully saturated rings. The average Bonchev–Trinajstić information content (AvgIpc) is 3.92. The number of allylic oxidation sites excluding steroid dienone is 2. The number of thiophene rings is 1. The molecule has 1 saturated carbocycles. The van der Waals surface area contributed by atoms with Crippen molar-refractivity contribution in [3.8, 4) is 22.1 Å². The average molecular weight is 858 g/mol. The van der Waals surface area contributed by atoms with Crippen LogP contribution in [0, 0.1) is 36.0 Å². The Bertz CT molecular complexity index is 2670. The maximum atomic E-state index is 15.3. The lowest BCUT2D eigenvalue weighted by atomic mass is 9.51. The number of imide groups is 2. The van der Waals surface area contributed by atoms with Gasteiger partial charge in [-0.2, -0.15) is 5.10 Å². The van der Waals surface area contributed by atoms with E-state index in [-0.39, 0.29) is 47.6 Å². The summed E-state index contributed by atoms with van der Waals surface area (Å²) in [6.07, 6.45) is 4.10. The van der Waals surface area contributed by atoms with Gasteiger partial charge in [0.25, 0.3) is 0 Å². The van der Waals surface area contributed by atoms with E-state index in [1.165, 1.54) is 10.5 Å². The predicted molar refractivity (Wildman–Crippen MR) is 234 cm³/mol. The van der Waals surface area contributed by atoms with Crippen LogP contribution in [0.1, 0.15) is 62.1 Å². The van der Waals surface area contributed by atoms with Crippen molar-refractivity contribution in [1.29, 1.82) is 0 Å². The fourth-order valence-electron chi connectivity index (χ4n) is 11.4. The second-order valence-electron chi connectivity index (χ2n) is 17.6. The number of phenolic OH excluding ortho intramolecular Hbond substituents is 1. The molecular weight excluding hydrogens is 810 g/mol. The first-order valence-electron chi connectivity index (χ1n) is 21.3. The minimum atomic E-state index is -1.27. The lowest BCUT2D eigenvalue weighted by Crippen LogP contribution is -2.49. The molecule has 10 rings (SSSR count). The molecular formula is C48H48ClN5O6S. The van der Waals surface area contributed by atoms with E-state index >= 15 is 9.59 Å². The number of carbonyl (C=O) groups is 4. The van der Waals surface area contributed by atoms with E-state index in [0.29, 0.717) is 48.0 Å². The van der Waals surface area contributed by atoms with Gasteiger partial charge >= 0.3 is 0 Å². The highest BCUT2D eigenvalue weighted by atomic mass is 35.5. The maximum Gasteiger partial charge on any atom is 0.242 e. The Labute approximate surface area is 363 Å². The van der Waals surface area contributed by atoms with Gasteiger partial charge in [0.1, 0.15) is 11.5 Å². The quantitative estimate of drug-likeness (QED) is 0.122. The summed E-state index contributed by atoms with van der Waals surface area (Å²) in [7, 11) is 1.74. The summed E-state index contributed by atoms with van der Waals surface area (Å²) >= 11 is 7.94. The number of amides is 4. The Morgan fingerprint density at radius 2 is 1.72 bits per heavy atom. The van der Waals surface area contributed by atoms with E-state index in [1.807, 2.05) is 63.2 Å². The third kappa shape index (κ3) is 6.19. The molecule has 0 bridgehead atoms. The summed E-state index contributed by atoms with van der Waals surface area (Å²) in [5, 5.41) is 17.3. The smallest absolute Gasteiger partial charge is 0.242 e. The Morgan fingerprint density at radius 1 is 0.951 bits per heavy atom. The molecule has 6 atom stereocenters. The van der Waals surface area contributed by atoms with Crippen molar-refractivity contribution in [2.45, 2.75) is 65.0 Å². The lowest BCUT2D eigenvalue weighted by molar-refractivity contribution is -0.144. The van der Waals surface area contributed by atoms with E-state index < -0.39 is 35.0 Å². The SMILES string of the molecule is CCOc1cc([C@H]2C3=CC[C@@H]4C(=O)N(C5CCN(Cc6ccccc6)CC5)C(=O)[C@@H]4[C@@H]3C[C@H]3C(=O)N(c4cc(-c5sc6ccc(Cl)cc6c5C)nn4C)C(=O)[C@@]23C)ccc1O. The molecule has 1 N–H and O–H groups in total. The Hall–Kier alpha value is -5.30. The Balaban J connectivity index is 1.00. The van der Waals surface area contributed by atoms with Gasteiger partial charge in [-0.1, -0.05) is 59.6 Å². The number of aromatic hydroxyl groups is 1. The molecule has 13 heteroatoms. The fraction of sp³-hybridized carbons (Fsp3) is 0.396. The summed E-state index contributed by atoms with van der Waals surface area (Å²) in [6, 6.07) is 22.8. The molecule has 0 unspecified atom stereocenters. The molecule has 5 aromatic rings. The number of hydrogen-bond donors (Lipinski definition) is 1. The molecule has 314 valence electrons. The zero-order chi connectivity index (χ0) is 42.5. The second kappa shape index (κ2) is 15.0. The van der Waals surface area contributed by atoms with Crippen LogP contribution in [-0.2, 0) is 32.8 Å². The van der Waals surface area contributed by atoms with E-state index in [9.17, 15) is 14.7 Å². The number of fused-ring (bicyclic) bond motifs is 5. The van der Waals surface area contributed by atoms with Crippen molar-refractivity contribution in [3.05, 3.63) is 106 Å². The van der Waals surface area contributed by atoms with Gasteiger partial charge in [0.05, 0.1) is 34.7 Å². The van der Waals surface area contributed by atoms with Crippen molar-refractivity contribution < 1.29 is 29.0 Å². The van der Waals surface area contributed by atoms with Crippen molar-refractivity contribution >= 4 is 62.5 Å². The van der Waals surface area contributed by atoms with Gasteiger partial charge < -0.3 is 9.84 Å². The number of ether oxygens (including phenoxy) is 1. The number of nitrogens with zero attached hydrogens (tertiary/aromatic N) is 5. The van der Waals surface area contributed by atoms with Crippen LogP contribution in [-0.4, -0.2) is 74.1 Å². The number of aryl methyl sites for hydroxylation is 2. The van der Waals surface area contributed by atoms with E-state index in [1.54, 1.807) is 46.2 Å². The summed E-state index contributed by atoms with van der Waals surface area (Å²) < 4.78 is 8.50. The molecule has 0 radical (unpaired) electrons. The van der Waals surface area contributed by atoms with Crippen LogP contribution >= 0.6 is 22.9 Å². The zero-order valence-corrected chi connectivity index (χ0v) is 36.2. The first-order valence-corrected chi connectivity index (χ1v) is 22.5. The van der Waals surface area contributed by atoms with Gasteiger partial charge in [-0.3, -0.25) is 33.7 Å². The van der Waals surface area contributed by atoms with E-state index in [4.69, 9.17) is 21.4 Å². The number of phenols is 1. The molecule has 2 aromatic heterocycles. The zero-order valence-electron chi connectivity index (χ0n) is 34.6. The standard InChI is InChI=1S/C48H48ClN5O6S/c1-5-60-38-21-28(11-15-37(38)55)42-31-13-14-32-41(46(58)53(44(32)56)30-17-19-52(20-18-30)25-27-9-7-6-8-10-27)34(31)23-35-45(57)54(47(59)48(35,42)3)40-24-36(50-51(40)4)43-26(2)33-22-29(49)12-16-39(33)61-43/h6-13,15-16,21-22,24,30,32,34-35,41-42,55H,5,14,17-20,23,25H2,1-4H3/t32-,34+,35-,41-,42-,48+/m0/s1. The highest BCUT2D eigenvalue weighted by Crippen LogP contribution is 2.64. The summed E-state index contributed by atoms with van der Waals surface area (Å²) in [5.41, 5.74) is 3.22. The van der Waals surface area contributed by atoms with Gasteiger partial charge in [0.2, 0.25) is 23.6 Å². The summed E-state index contributed by atoms with van der Waals surface area (Å²) in [5.74, 6) is -3.46. The number of benzene rings is 3. The lowest BCUT2D eigenvalue weighted by Gasteiger charge is -2.49. The van der Waals surface area contributed by atoms with Crippen LogP contribution in [0.25, 0.3) is 20.7 Å². The van der Waals surface area contributed by atoms with Crippen molar-refractivity contribution in [3.63, 3.8) is 0 Å². The number of likely N-dealkylation sites (tertiary alicyclic amines) is 2. The topological polar surface area (TPSA) is 125 Å². The number of rotatable bonds is 8. The molecule has 11 nitrogen and oxygen atoms in total. The number of halogens is 1. The molecule has 5 aliphatic rings. The van der Waals surface area contributed by atoms with Crippen molar-refractivity contribution in [2.75, 3.05) is 24.6 Å². The fourth-order valence-corrected chi connectivity index (χ4v) is 12.7. The third-order valence-corrected chi connectivity index (χ3v) is 15.8. The molecule has 61 heavy (non-hydrogen) atoms. The molecule has 5 heterocycles. The molecule has 3 saturated heterocycles. The summed E-state index contributed by atoms with van der Waals surface area (Å²) in [4.78, 5) is 65.8. The highest BCUT2D eigenvalue weighted by molar-refractivity contribution is 7.22. The molecule has 2 aliphatic carbocycles. The predicted octanol–water partition coefficient (Wildman–Crippen LogP) is 8.26. The van der Waals surface area contributed by atoms with E-state index in [2.05, 4.69) is 23.1 Å². The van der Waals surface area contributed by atoms with Crippen LogP contribution in [0.3, 0.4) is 0 Å². The van der Waals surface area contributed by atoms with Crippen molar-refractivity contribution in [2.24, 2.45) is 36.1 Å². The van der Waals surface area contributed by atoms with Crippen LogP contribution in [0.4, 0.5) is 5.82 Å². The van der Waals surface area contributed by atoms with Gasteiger partial charge in [0, 0.05) is 54.4 Å². The van der Waals surface area contributed by atoms with Crippen LogP contribution < -0.4 is 9.64 Å². The number of piperidine rings is 1.